The molecule has 1 aromatic rings. The average molecular weight is 251 g/mol. The first kappa shape index (κ1) is 13.8. The highest BCUT2D eigenvalue weighted by Crippen LogP contribution is 2.24. The summed E-state index contributed by atoms with van der Waals surface area (Å²) in [5.74, 6) is -3.29. The molecule has 0 fully saturated rings. The van der Waals surface area contributed by atoms with E-state index in [9.17, 15) is 17.6 Å². The molecule has 6 heteroatoms. The largest absolute Gasteiger partial charge is 0.429 e. The molecule has 0 bridgehead atoms. The topological polar surface area (TPSA) is 21.3 Å². The van der Waals surface area contributed by atoms with Crippen molar-refractivity contribution >= 4 is 0 Å². The molecular weight excluding hydrogens is 238 g/mol. The summed E-state index contributed by atoms with van der Waals surface area (Å²) < 4.78 is 54.0. The maximum absolute atomic E-state index is 13.3. The summed E-state index contributed by atoms with van der Waals surface area (Å²) in [6.45, 7) is -0.314. The maximum atomic E-state index is 13.3. The van der Waals surface area contributed by atoms with E-state index >= 15 is 0 Å². The number of hydrogen-bond donors (Lipinski definition) is 1. The van der Waals surface area contributed by atoms with E-state index in [0.717, 1.165) is 18.6 Å². The van der Waals surface area contributed by atoms with E-state index in [-0.39, 0.29) is 6.54 Å². The summed E-state index contributed by atoms with van der Waals surface area (Å²) in [7, 11) is 0. The van der Waals surface area contributed by atoms with Gasteiger partial charge in [0.05, 0.1) is 0 Å². The second-order valence-electron chi connectivity index (χ2n) is 3.44. The highest BCUT2D eigenvalue weighted by atomic mass is 19.3. The standard InChI is InChI=1S/C11H13F4NO/c1-2-3-16-6-7-4-8(12)10(9(13)5-7)17-11(14)15/h4-5,11,16H,2-3,6H2,1H3. The van der Waals surface area contributed by atoms with Gasteiger partial charge in [0.15, 0.2) is 17.4 Å². The molecule has 0 unspecified atom stereocenters. The summed E-state index contributed by atoms with van der Waals surface area (Å²) in [5.41, 5.74) is 0.343. The van der Waals surface area contributed by atoms with Crippen LogP contribution in [0, 0.1) is 11.6 Å². The van der Waals surface area contributed by atoms with E-state index in [0.29, 0.717) is 12.1 Å². The van der Waals surface area contributed by atoms with E-state index in [1.807, 2.05) is 6.92 Å². The molecule has 0 spiro atoms. The van der Waals surface area contributed by atoms with Crippen LogP contribution in [-0.2, 0) is 6.54 Å². The monoisotopic (exact) mass is 251 g/mol. The Balaban J connectivity index is 2.78. The van der Waals surface area contributed by atoms with Crippen molar-refractivity contribution in [1.29, 1.82) is 0 Å². The minimum Gasteiger partial charge on any atom is -0.429 e. The summed E-state index contributed by atoms with van der Waals surface area (Å²) in [4.78, 5) is 0. The quantitative estimate of drug-likeness (QED) is 0.619. The van der Waals surface area contributed by atoms with Gasteiger partial charge in [0.2, 0.25) is 0 Å². The van der Waals surface area contributed by atoms with Crippen LogP contribution in [0.15, 0.2) is 12.1 Å². The lowest BCUT2D eigenvalue weighted by Crippen LogP contribution is -2.14. The SMILES string of the molecule is CCCNCc1cc(F)c(OC(F)F)c(F)c1. The molecule has 2 nitrogen and oxygen atoms in total. The fourth-order valence-electron chi connectivity index (χ4n) is 1.33. The predicted octanol–water partition coefficient (Wildman–Crippen LogP) is 3.07. The Labute approximate surface area is 96.6 Å². The lowest BCUT2D eigenvalue weighted by molar-refractivity contribution is -0.0546. The fourth-order valence-corrected chi connectivity index (χ4v) is 1.33. The number of halogens is 4. The zero-order valence-electron chi connectivity index (χ0n) is 9.27. The molecule has 1 N–H and O–H groups in total. The molecule has 17 heavy (non-hydrogen) atoms. The Bertz CT molecular complexity index is 347. The summed E-state index contributed by atoms with van der Waals surface area (Å²) in [6.07, 6.45) is 0.886. The van der Waals surface area contributed by atoms with Crippen molar-refractivity contribution in [2.45, 2.75) is 26.5 Å². The second-order valence-corrected chi connectivity index (χ2v) is 3.44. The van der Waals surface area contributed by atoms with Gasteiger partial charge >= 0.3 is 6.61 Å². The van der Waals surface area contributed by atoms with Crippen LogP contribution in [0.25, 0.3) is 0 Å². The van der Waals surface area contributed by atoms with Gasteiger partial charge in [-0.25, -0.2) is 8.78 Å². The highest BCUT2D eigenvalue weighted by Gasteiger charge is 2.16. The van der Waals surface area contributed by atoms with Crippen LogP contribution in [0.1, 0.15) is 18.9 Å². The van der Waals surface area contributed by atoms with Crippen LogP contribution in [0.3, 0.4) is 0 Å². The van der Waals surface area contributed by atoms with Gasteiger partial charge in [0.1, 0.15) is 0 Å². The molecule has 0 aliphatic rings. The van der Waals surface area contributed by atoms with Crippen LogP contribution in [-0.4, -0.2) is 13.2 Å². The van der Waals surface area contributed by atoms with Gasteiger partial charge in [-0.15, -0.1) is 0 Å². The molecule has 1 rings (SSSR count). The van der Waals surface area contributed by atoms with Crippen molar-refractivity contribution in [2.75, 3.05) is 6.54 Å². The number of nitrogens with one attached hydrogen (secondary N) is 1. The third kappa shape index (κ3) is 4.22. The molecule has 0 aromatic heterocycles. The van der Waals surface area contributed by atoms with E-state index in [4.69, 9.17) is 0 Å². The van der Waals surface area contributed by atoms with Gasteiger partial charge < -0.3 is 10.1 Å². The van der Waals surface area contributed by atoms with Crippen molar-refractivity contribution in [1.82, 2.24) is 5.32 Å². The molecule has 0 radical (unpaired) electrons. The summed E-state index contributed by atoms with van der Waals surface area (Å²) in [5, 5.41) is 2.94. The van der Waals surface area contributed by atoms with Crippen molar-refractivity contribution in [3.63, 3.8) is 0 Å². The molecule has 0 amide bonds. The van der Waals surface area contributed by atoms with E-state index < -0.39 is 24.0 Å². The Kier molecular flexibility index (Phi) is 5.21. The van der Waals surface area contributed by atoms with Crippen LogP contribution >= 0.6 is 0 Å². The fraction of sp³-hybridized carbons (Fsp3) is 0.455. The molecule has 0 saturated carbocycles. The first-order valence-corrected chi connectivity index (χ1v) is 5.18. The Hall–Kier alpha value is -1.30. The molecule has 0 aliphatic heterocycles. The molecule has 0 heterocycles. The number of hydrogen-bond acceptors (Lipinski definition) is 2. The van der Waals surface area contributed by atoms with E-state index in [1.54, 1.807) is 0 Å². The van der Waals surface area contributed by atoms with Crippen LogP contribution in [0.2, 0.25) is 0 Å². The molecule has 0 atom stereocenters. The minimum atomic E-state index is -3.25. The van der Waals surface area contributed by atoms with Crippen molar-refractivity contribution in [3.05, 3.63) is 29.3 Å². The molecule has 1 aromatic carbocycles. The number of benzene rings is 1. The van der Waals surface area contributed by atoms with Crippen LogP contribution in [0.4, 0.5) is 17.6 Å². The molecule has 96 valence electrons. The predicted molar refractivity (Wildman–Crippen MR) is 55.0 cm³/mol. The number of rotatable bonds is 6. The Morgan fingerprint density at radius 2 is 1.82 bits per heavy atom. The third-order valence-corrected chi connectivity index (χ3v) is 2.02. The first-order chi connectivity index (χ1) is 8.04. The maximum Gasteiger partial charge on any atom is 0.387 e. The Morgan fingerprint density at radius 3 is 2.29 bits per heavy atom. The highest BCUT2D eigenvalue weighted by molar-refractivity contribution is 5.31. The zero-order chi connectivity index (χ0) is 12.8. The van der Waals surface area contributed by atoms with E-state index in [2.05, 4.69) is 10.1 Å². The normalized spacial score (nSPS) is 10.9. The Morgan fingerprint density at radius 1 is 1.24 bits per heavy atom. The molecular formula is C11H13F4NO. The van der Waals surface area contributed by atoms with E-state index in [1.165, 1.54) is 0 Å². The van der Waals surface area contributed by atoms with Gasteiger partial charge in [-0.3, -0.25) is 0 Å². The van der Waals surface area contributed by atoms with Gasteiger partial charge in [-0.2, -0.15) is 8.78 Å². The van der Waals surface area contributed by atoms with Gasteiger partial charge in [0.25, 0.3) is 0 Å². The average Bonchev–Trinajstić information content (AvgIpc) is 2.24. The second kappa shape index (κ2) is 6.44. The lowest BCUT2D eigenvalue weighted by Gasteiger charge is -2.09. The zero-order valence-corrected chi connectivity index (χ0v) is 9.27. The third-order valence-electron chi connectivity index (χ3n) is 2.02. The first-order valence-electron chi connectivity index (χ1n) is 5.18. The lowest BCUT2D eigenvalue weighted by atomic mass is 10.2. The van der Waals surface area contributed by atoms with Gasteiger partial charge in [-0.1, -0.05) is 6.92 Å². The number of alkyl halides is 2. The molecule has 0 saturated heterocycles. The summed E-state index contributed by atoms with van der Waals surface area (Å²) >= 11 is 0. The minimum absolute atomic E-state index is 0.274. The van der Waals surface area contributed by atoms with Crippen LogP contribution in [0.5, 0.6) is 5.75 Å². The number of ether oxygens (including phenoxy) is 1. The van der Waals surface area contributed by atoms with Crippen molar-refractivity contribution in [2.24, 2.45) is 0 Å². The van der Waals surface area contributed by atoms with Crippen molar-refractivity contribution < 1.29 is 22.3 Å². The van der Waals surface area contributed by atoms with Gasteiger partial charge in [0, 0.05) is 6.54 Å². The van der Waals surface area contributed by atoms with Gasteiger partial charge in [-0.05, 0) is 30.7 Å². The molecule has 0 aliphatic carbocycles. The smallest absolute Gasteiger partial charge is 0.387 e. The summed E-state index contributed by atoms with van der Waals surface area (Å²) in [6, 6.07) is 1.95. The van der Waals surface area contributed by atoms with Crippen molar-refractivity contribution in [3.8, 4) is 5.75 Å². The van der Waals surface area contributed by atoms with Crippen LogP contribution < -0.4 is 10.1 Å².